The topological polar surface area (TPSA) is 53.6 Å². The van der Waals surface area contributed by atoms with Crippen LogP contribution in [0.2, 0.25) is 0 Å². The second-order valence-corrected chi connectivity index (χ2v) is 6.86. The van der Waals surface area contributed by atoms with Crippen LogP contribution in [0.3, 0.4) is 0 Å². The van der Waals surface area contributed by atoms with Gasteiger partial charge in [0.1, 0.15) is 5.75 Å². The summed E-state index contributed by atoms with van der Waals surface area (Å²) in [6.07, 6.45) is 2.82. The van der Waals surface area contributed by atoms with E-state index >= 15 is 0 Å². The molecule has 0 saturated carbocycles. The van der Waals surface area contributed by atoms with Crippen LogP contribution in [0.25, 0.3) is 0 Å². The Labute approximate surface area is 151 Å². The molecule has 1 saturated heterocycles. The van der Waals surface area contributed by atoms with Crippen LogP contribution >= 0.6 is 0 Å². The number of methoxy groups -OCH3 is 1. The second kappa shape index (κ2) is 9.47. The van der Waals surface area contributed by atoms with Gasteiger partial charge in [0.05, 0.1) is 13.2 Å². The molecule has 2 N–H and O–H groups in total. The molecule has 1 unspecified atom stereocenters. The quantitative estimate of drug-likeness (QED) is 0.744. The largest absolute Gasteiger partial charge is 0.497 e. The number of urea groups is 1. The zero-order chi connectivity index (χ0) is 18.2. The van der Waals surface area contributed by atoms with Crippen molar-refractivity contribution >= 4 is 6.03 Å². The normalized spacial score (nSPS) is 16.9. The first-order valence-electron chi connectivity index (χ1n) is 9.09. The molecular formula is C20H31N3O2. The molecule has 138 valence electrons. The first-order chi connectivity index (χ1) is 12.0. The molecular weight excluding hydrogens is 314 g/mol. The summed E-state index contributed by atoms with van der Waals surface area (Å²) < 4.78 is 5.19. The minimum Gasteiger partial charge on any atom is -0.497 e. The molecule has 1 aliphatic heterocycles. The average Bonchev–Trinajstić information content (AvgIpc) is 2.61. The molecule has 1 atom stereocenters. The maximum atomic E-state index is 12.4. The number of piperidine rings is 1. The third-order valence-electron chi connectivity index (χ3n) is 4.65. The molecule has 1 heterocycles. The van der Waals surface area contributed by atoms with Gasteiger partial charge in [-0.15, -0.1) is 0 Å². The SMILES string of the molecule is C=C(C)CN1CCC(NC(=O)NC(CC)c2ccc(OC)cc2)CC1. The first-order valence-corrected chi connectivity index (χ1v) is 9.09. The summed E-state index contributed by atoms with van der Waals surface area (Å²) in [4.78, 5) is 14.8. The van der Waals surface area contributed by atoms with E-state index in [0.717, 1.165) is 50.2 Å². The van der Waals surface area contributed by atoms with Crippen molar-refractivity contribution in [3.05, 3.63) is 42.0 Å². The number of nitrogens with one attached hydrogen (secondary N) is 2. The van der Waals surface area contributed by atoms with Crippen LogP contribution in [-0.4, -0.2) is 43.7 Å². The molecule has 2 rings (SSSR count). The highest BCUT2D eigenvalue weighted by atomic mass is 16.5. The molecule has 1 aromatic carbocycles. The number of carbonyl (C=O) groups excluding carboxylic acids is 1. The van der Waals surface area contributed by atoms with Crippen molar-refractivity contribution in [2.45, 2.75) is 45.2 Å². The molecule has 1 aliphatic rings. The number of amides is 2. The average molecular weight is 345 g/mol. The van der Waals surface area contributed by atoms with Gasteiger partial charge in [-0.25, -0.2) is 4.79 Å². The predicted molar refractivity (Wildman–Crippen MR) is 102 cm³/mol. The lowest BCUT2D eigenvalue weighted by Gasteiger charge is -2.32. The molecule has 0 bridgehead atoms. The monoisotopic (exact) mass is 345 g/mol. The predicted octanol–water partition coefficient (Wildman–Crippen LogP) is 3.49. The molecule has 0 spiro atoms. The fraction of sp³-hybridized carbons (Fsp3) is 0.550. The fourth-order valence-corrected chi connectivity index (χ4v) is 3.26. The van der Waals surface area contributed by atoms with E-state index in [1.165, 1.54) is 5.57 Å². The Kier molecular flexibility index (Phi) is 7.31. The molecule has 1 aromatic rings. The van der Waals surface area contributed by atoms with Crippen molar-refractivity contribution in [2.24, 2.45) is 0 Å². The number of benzene rings is 1. The second-order valence-electron chi connectivity index (χ2n) is 6.86. The first kappa shape index (κ1) is 19.3. The maximum Gasteiger partial charge on any atom is 0.315 e. The maximum absolute atomic E-state index is 12.4. The van der Waals surface area contributed by atoms with Crippen LogP contribution in [-0.2, 0) is 0 Å². The van der Waals surface area contributed by atoms with Gasteiger partial charge in [-0.2, -0.15) is 0 Å². The minimum absolute atomic E-state index is 0.00871. The Morgan fingerprint density at radius 2 is 1.96 bits per heavy atom. The molecule has 0 aliphatic carbocycles. The van der Waals surface area contributed by atoms with Crippen molar-refractivity contribution in [2.75, 3.05) is 26.7 Å². The summed E-state index contributed by atoms with van der Waals surface area (Å²) in [6, 6.07) is 8.03. The third-order valence-corrected chi connectivity index (χ3v) is 4.65. The number of likely N-dealkylation sites (tertiary alicyclic amines) is 1. The van der Waals surface area contributed by atoms with Crippen LogP contribution in [0.1, 0.15) is 44.7 Å². The number of hydrogen-bond acceptors (Lipinski definition) is 3. The summed E-state index contributed by atoms with van der Waals surface area (Å²) in [5.74, 6) is 0.824. The van der Waals surface area contributed by atoms with Gasteiger partial charge in [0.15, 0.2) is 0 Å². The van der Waals surface area contributed by atoms with E-state index in [1.807, 2.05) is 24.3 Å². The van der Waals surface area contributed by atoms with Crippen molar-refractivity contribution in [3.8, 4) is 5.75 Å². The van der Waals surface area contributed by atoms with Crippen LogP contribution in [0, 0.1) is 0 Å². The van der Waals surface area contributed by atoms with Crippen molar-refractivity contribution in [1.29, 1.82) is 0 Å². The summed E-state index contributed by atoms with van der Waals surface area (Å²) in [7, 11) is 1.65. The highest BCUT2D eigenvalue weighted by Crippen LogP contribution is 2.20. The number of ether oxygens (including phenoxy) is 1. The number of hydrogen-bond donors (Lipinski definition) is 2. The lowest BCUT2D eigenvalue weighted by atomic mass is 10.0. The van der Waals surface area contributed by atoms with E-state index in [9.17, 15) is 4.79 Å². The van der Waals surface area contributed by atoms with Crippen LogP contribution in [0.4, 0.5) is 4.79 Å². The molecule has 0 aromatic heterocycles. The van der Waals surface area contributed by atoms with Gasteiger partial charge in [-0.3, -0.25) is 4.90 Å². The Morgan fingerprint density at radius 1 is 1.32 bits per heavy atom. The number of rotatable bonds is 7. The minimum atomic E-state index is -0.0824. The zero-order valence-corrected chi connectivity index (χ0v) is 15.7. The molecule has 2 amide bonds. The summed E-state index contributed by atoms with van der Waals surface area (Å²) in [5, 5.41) is 6.22. The highest BCUT2D eigenvalue weighted by molar-refractivity contribution is 5.74. The van der Waals surface area contributed by atoms with E-state index in [-0.39, 0.29) is 18.1 Å². The Morgan fingerprint density at radius 3 is 2.48 bits per heavy atom. The standard InChI is InChI=1S/C20H31N3O2/c1-5-19(16-6-8-18(25-4)9-7-16)22-20(24)21-17-10-12-23(13-11-17)14-15(2)3/h6-9,17,19H,2,5,10-14H2,1,3-4H3,(H2,21,22,24). The van der Waals surface area contributed by atoms with Crippen molar-refractivity contribution < 1.29 is 9.53 Å². The smallest absolute Gasteiger partial charge is 0.315 e. The van der Waals surface area contributed by atoms with Crippen molar-refractivity contribution in [1.82, 2.24) is 15.5 Å². The van der Waals surface area contributed by atoms with Gasteiger partial charge in [-0.1, -0.05) is 31.2 Å². The van der Waals surface area contributed by atoms with Crippen LogP contribution < -0.4 is 15.4 Å². The van der Waals surface area contributed by atoms with E-state index in [4.69, 9.17) is 4.74 Å². The summed E-state index contributed by atoms with van der Waals surface area (Å²) in [6.45, 7) is 11.1. The molecule has 25 heavy (non-hydrogen) atoms. The number of carbonyl (C=O) groups is 1. The Hall–Kier alpha value is -2.01. The third kappa shape index (κ3) is 6.09. The van der Waals surface area contributed by atoms with E-state index in [1.54, 1.807) is 7.11 Å². The van der Waals surface area contributed by atoms with Crippen LogP contribution in [0.15, 0.2) is 36.4 Å². The fourth-order valence-electron chi connectivity index (χ4n) is 3.26. The molecule has 1 fully saturated rings. The summed E-state index contributed by atoms with van der Waals surface area (Å²) in [5.41, 5.74) is 2.28. The number of nitrogens with zero attached hydrogens (tertiary/aromatic N) is 1. The highest BCUT2D eigenvalue weighted by Gasteiger charge is 2.21. The van der Waals surface area contributed by atoms with E-state index in [2.05, 4.69) is 36.0 Å². The molecule has 5 nitrogen and oxygen atoms in total. The Bertz CT molecular complexity index is 563. The van der Waals surface area contributed by atoms with Crippen molar-refractivity contribution in [3.63, 3.8) is 0 Å². The zero-order valence-electron chi connectivity index (χ0n) is 15.7. The van der Waals surface area contributed by atoms with Gasteiger partial charge in [-0.05, 0) is 43.9 Å². The van der Waals surface area contributed by atoms with Gasteiger partial charge in [0.25, 0.3) is 0 Å². The Balaban J connectivity index is 1.81. The van der Waals surface area contributed by atoms with Crippen LogP contribution in [0.5, 0.6) is 5.75 Å². The van der Waals surface area contributed by atoms with E-state index in [0.29, 0.717) is 0 Å². The molecule has 0 radical (unpaired) electrons. The van der Waals surface area contributed by atoms with Gasteiger partial charge in [0.2, 0.25) is 0 Å². The lowest BCUT2D eigenvalue weighted by molar-refractivity contribution is 0.200. The van der Waals surface area contributed by atoms with E-state index < -0.39 is 0 Å². The lowest BCUT2D eigenvalue weighted by Crippen LogP contribution is -2.48. The van der Waals surface area contributed by atoms with Gasteiger partial charge < -0.3 is 15.4 Å². The summed E-state index contributed by atoms with van der Waals surface area (Å²) >= 11 is 0. The van der Waals surface area contributed by atoms with Gasteiger partial charge >= 0.3 is 6.03 Å². The molecule has 5 heteroatoms. The van der Waals surface area contributed by atoms with Gasteiger partial charge in [0, 0.05) is 25.7 Å².